The molecule has 3 rings (SSSR count). The number of benzene rings is 2. The van der Waals surface area contributed by atoms with E-state index >= 15 is 0 Å². The van der Waals surface area contributed by atoms with Gasteiger partial charge in [-0.05, 0) is 59.2 Å². The predicted molar refractivity (Wildman–Crippen MR) is 96.1 cm³/mol. The minimum absolute atomic E-state index is 0.0191. The van der Waals surface area contributed by atoms with Gasteiger partial charge in [0.25, 0.3) is 0 Å². The third-order valence-corrected chi connectivity index (χ3v) is 3.86. The molecule has 0 radical (unpaired) electrons. The molecule has 0 amide bonds. The lowest BCUT2D eigenvalue weighted by Gasteiger charge is -2.04. The first-order valence-corrected chi connectivity index (χ1v) is 7.64. The molecule has 0 aromatic heterocycles. The van der Waals surface area contributed by atoms with Crippen molar-refractivity contribution in [2.75, 3.05) is 14.2 Å². The van der Waals surface area contributed by atoms with E-state index < -0.39 is 0 Å². The molecule has 0 bridgehead atoms. The molecule has 0 atom stereocenters. The van der Waals surface area contributed by atoms with Crippen LogP contribution in [0.15, 0.2) is 71.8 Å². The first-order chi connectivity index (χ1) is 11.7. The van der Waals surface area contributed by atoms with Gasteiger partial charge in [-0.3, -0.25) is 4.79 Å². The largest absolute Gasteiger partial charge is 0.497 e. The lowest BCUT2D eigenvalue weighted by atomic mass is 10.0. The van der Waals surface area contributed by atoms with Gasteiger partial charge in [0, 0.05) is 5.57 Å². The number of hydrogen-bond acceptors (Lipinski definition) is 3. The third-order valence-electron chi connectivity index (χ3n) is 3.86. The molecule has 0 saturated heterocycles. The fraction of sp³-hybridized carbons (Fsp3) is 0.0952. The van der Waals surface area contributed by atoms with Crippen molar-refractivity contribution < 1.29 is 14.3 Å². The summed E-state index contributed by atoms with van der Waals surface area (Å²) in [4.78, 5) is 12.2. The summed E-state index contributed by atoms with van der Waals surface area (Å²) in [6, 6.07) is 15.4. The van der Waals surface area contributed by atoms with Crippen LogP contribution in [0.2, 0.25) is 0 Å². The molecule has 0 heterocycles. The van der Waals surface area contributed by atoms with E-state index in [1.54, 1.807) is 20.3 Å². The second kappa shape index (κ2) is 7.01. The molecule has 24 heavy (non-hydrogen) atoms. The van der Waals surface area contributed by atoms with Crippen LogP contribution < -0.4 is 9.47 Å². The Hall–Kier alpha value is -3.07. The Morgan fingerprint density at radius 3 is 1.71 bits per heavy atom. The van der Waals surface area contributed by atoms with E-state index in [9.17, 15) is 4.79 Å². The van der Waals surface area contributed by atoms with Crippen LogP contribution in [0.5, 0.6) is 11.5 Å². The molecule has 1 aliphatic carbocycles. The van der Waals surface area contributed by atoms with E-state index in [0.29, 0.717) is 5.57 Å². The van der Waals surface area contributed by atoms with Crippen molar-refractivity contribution >= 4 is 17.9 Å². The van der Waals surface area contributed by atoms with E-state index in [1.165, 1.54) is 0 Å². The Balaban J connectivity index is 1.91. The van der Waals surface area contributed by atoms with Crippen molar-refractivity contribution in [1.82, 2.24) is 0 Å². The highest BCUT2D eigenvalue weighted by Gasteiger charge is 2.16. The van der Waals surface area contributed by atoms with Gasteiger partial charge in [0.15, 0.2) is 5.78 Å². The smallest absolute Gasteiger partial charge is 0.186 e. The van der Waals surface area contributed by atoms with Gasteiger partial charge in [0.05, 0.1) is 14.2 Å². The Bertz CT molecular complexity index is 822. The van der Waals surface area contributed by atoms with Gasteiger partial charge in [-0.25, -0.2) is 0 Å². The van der Waals surface area contributed by atoms with Gasteiger partial charge in [-0.15, -0.1) is 0 Å². The average molecular weight is 318 g/mol. The van der Waals surface area contributed by atoms with E-state index in [4.69, 9.17) is 9.47 Å². The van der Waals surface area contributed by atoms with Gasteiger partial charge in [-0.1, -0.05) is 30.3 Å². The van der Waals surface area contributed by atoms with Crippen LogP contribution in [0.25, 0.3) is 12.2 Å². The monoisotopic (exact) mass is 318 g/mol. The van der Waals surface area contributed by atoms with Crippen LogP contribution in [0.3, 0.4) is 0 Å². The molecular weight excluding hydrogens is 300 g/mol. The highest BCUT2D eigenvalue weighted by atomic mass is 16.5. The number of rotatable bonds is 4. The van der Waals surface area contributed by atoms with E-state index in [1.807, 2.05) is 66.8 Å². The molecule has 0 saturated carbocycles. The quantitative estimate of drug-likeness (QED) is 0.788. The number of ether oxygens (including phenoxy) is 2. The highest BCUT2D eigenvalue weighted by molar-refractivity contribution is 6.15. The Morgan fingerprint density at radius 2 is 1.21 bits per heavy atom. The maximum atomic E-state index is 12.2. The second-order valence-electron chi connectivity index (χ2n) is 5.40. The number of methoxy groups -OCH3 is 2. The van der Waals surface area contributed by atoms with Crippen molar-refractivity contribution in [1.29, 1.82) is 0 Å². The molecule has 1 aliphatic rings. The molecule has 2 aromatic carbocycles. The summed E-state index contributed by atoms with van der Waals surface area (Å²) < 4.78 is 10.3. The van der Waals surface area contributed by atoms with Gasteiger partial charge in [-0.2, -0.15) is 0 Å². The lowest BCUT2D eigenvalue weighted by molar-refractivity contribution is -0.110. The molecule has 3 heteroatoms. The lowest BCUT2D eigenvalue weighted by Crippen LogP contribution is -1.94. The van der Waals surface area contributed by atoms with Crippen molar-refractivity contribution in [3.8, 4) is 11.5 Å². The van der Waals surface area contributed by atoms with Gasteiger partial charge >= 0.3 is 0 Å². The zero-order valence-corrected chi connectivity index (χ0v) is 13.7. The van der Waals surface area contributed by atoms with E-state index in [2.05, 4.69) is 0 Å². The van der Waals surface area contributed by atoms with Gasteiger partial charge < -0.3 is 9.47 Å². The maximum absolute atomic E-state index is 12.2. The summed E-state index contributed by atoms with van der Waals surface area (Å²) in [7, 11) is 3.27. The number of ketones is 1. The second-order valence-corrected chi connectivity index (χ2v) is 5.40. The summed E-state index contributed by atoms with van der Waals surface area (Å²) in [5.74, 6) is 1.62. The fourth-order valence-electron chi connectivity index (χ4n) is 2.51. The first-order valence-electron chi connectivity index (χ1n) is 7.64. The predicted octanol–water partition coefficient (Wildman–Crippen LogP) is 4.31. The fourth-order valence-corrected chi connectivity index (χ4v) is 2.51. The van der Waals surface area contributed by atoms with Gasteiger partial charge in [0.1, 0.15) is 11.5 Å². The summed E-state index contributed by atoms with van der Waals surface area (Å²) in [5.41, 5.74) is 3.58. The third kappa shape index (κ3) is 3.46. The molecule has 0 spiro atoms. The number of allylic oxidation sites excluding steroid dienone is 4. The Labute approximate surface area is 141 Å². The van der Waals surface area contributed by atoms with Gasteiger partial charge in [0.2, 0.25) is 0 Å². The molecular formula is C21H18O3. The van der Waals surface area contributed by atoms with Crippen LogP contribution in [-0.2, 0) is 4.79 Å². The topological polar surface area (TPSA) is 35.5 Å². The van der Waals surface area contributed by atoms with Crippen LogP contribution in [0, 0.1) is 0 Å². The van der Waals surface area contributed by atoms with Crippen molar-refractivity contribution in [3.05, 3.63) is 83.0 Å². The zero-order chi connectivity index (χ0) is 16.9. The minimum Gasteiger partial charge on any atom is -0.497 e. The van der Waals surface area contributed by atoms with Crippen molar-refractivity contribution in [3.63, 3.8) is 0 Å². The average Bonchev–Trinajstić information content (AvgIpc) is 2.96. The summed E-state index contributed by atoms with van der Waals surface area (Å²) >= 11 is 0. The van der Waals surface area contributed by atoms with Crippen LogP contribution in [0.4, 0.5) is 0 Å². The van der Waals surface area contributed by atoms with Crippen molar-refractivity contribution in [2.45, 2.75) is 0 Å². The summed E-state index contributed by atoms with van der Waals surface area (Å²) in [6.07, 6.45) is 7.35. The van der Waals surface area contributed by atoms with Crippen molar-refractivity contribution in [2.24, 2.45) is 0 Å². The van der Waals surface area contributed by atoms with Crippen LogP contribution in [0.1, 0.15) is 11.1 Å². The maximum Gasteiger partial charge on any atom is 0.186 e. The first kappa shape index (κ1) is 15.8. The molecule has 0 aliphatic heterocycles. The Morgan fingerprint density at radius 1 is 0.708 bits per heavy atom. The number of carbonyl (C=O) groups excluding carboxylic acids is 1. The molecule has 0 fully saturated rings. The van der Waals surface area contributed by atoms with Crippen LogP contribution >= 0.6 is 0 Å². The molecule has 120 valence electrons. The number of carbonyl (C=O) groups is 1. The Kier molecular flexibility index (Phi) is 4.62. The standard InChI is InChI=1S/C21H18O3/c1-23-18-8-3-15(4-9-18)13-17-7-12-21(22)20(17)14-16-5-10-19(24-2)11-6-16/h3-14H,1-2H3. The molecule has 2 aromatic rings. The summed E-state index contributed by atoms with van der Waals surface area (Å²) in [6.45, 7) is 0. The van der Waals surface area contributed by atoms with E-state index in [0.717, 1.165) is 28.2 Å². The molecule has 3 nitrogen and oxygen atoms in total. The van der Waals surface area contributed by atoms with Crippen LogP contribution in [-0.4, -0.2) is 20.0 Å². The number of hydrogen-bond donors (Lipinski definition) is 0. The molecule has 0 unspecified atom stereocenters. The highest BCUT2D eigenvalue weighted by Crippen LogP contribution is 2.26. The summed E-state index contributed by atoms with van der Waals surface area (Å²) in [5, 5.41) is 0. The normalized spacial score (nSPS) is 16.8. The van der Waals surface area contributed by atoms with E-state index in [-0.39, 0.29) is 5.78 Å². The minimum atomic E-state index is 0.0191. The SMILES string of the molecule is COc1ccc(C=C2C=CC(=O)C2=Cc2ccc(OC)cc2)cc1. The zero-order valence-electron chi connectivity index (χ0n) is 13.7. The molecule has 0 N–H and O–H groups in total.